The Bertz CT molecular complexity index is 1690. The molecule has 2 N–H and O–H groups in total. The molecule has 1 aliphatic heterocycles. The smallest absolute Gasteiger partial charge is 0.337 e. The molecule has 1 unspecified atom stereocenters. The molecule has 3 aromatic carbocycles. The van der Waals surface area contributed by atoms with Crippen molar-refractivity contribution >= 4 is 34.2 Å². The largest absolute Gasteiger partial charge is 0.478 e. The number of anilines is 3. The molecule has 0 bridgehead atoms. The summed E-state index contributed by atoms with van der Waals surface area (Å²) in [5.74, 6) is -0.477. The second-order valence-corrected chi connectivity index (χ2v) is 10.1. The molecular weight excluding hydrogens is 502 g/mol. The van der Waals surface area contributed by atoms with Gasteiger partial charge in [-0.1, -0.05) is 30.3 Å². The number of carboxylic acids is 1. The van der Waals surface area contributed by atoms with Crippen molar-refractivity contribution in [2.45, 2.75) is 32.9 Å². The van der Waals surface area contributed by atoms with Crippen molar-refractivity contribution in [3.8, 4) is 12.1 Å². The number of carbonyl (C=O) groups is 1. The zero-order valence-electron chi connectivity index (χ0n) is 22.6. The van der Waals surface area contributed by atoms with Crippen LogP contribution in [0.2, 0.25) is 0 Å². The number of piperazine rings is 1. The average molecular weight is 532 g/mol. The van der Waals surface area contributed by atoms with Gasteiger partial charge in [0.25, 0.3) is 0 Å². The van der Waals surface area contributed by atoms with E-state index in [0.29, 0.717) is 47.7 Å². The predicted octanol–water partition coefficient (Wildman–Crippen LogP) is 5.27. The third-order valence-electron chi connectivity index (χ3n) is 7.29. The highest BCUT2D eigenvalue weighted by atomic mass is 16.4. The number of carboxylic acid groups (broad SMARTS) is 1. The Labute approximate surface area is 232 Å². The minimum Gasteiger partial charge on any atom is -0.478 e. The van der Waals surface area contributed by atoms with Crippen molar-refractivity contribution in [2.24, 2.45) is 0 Å². The fraction of sp³-hybridized carbons (Fsp3) is 0.258. The van der Waals surface area contributed by atoms with Gasteiger partial charge < -0.3 is 20.2 Å². The number of hydrogen-bond acceptors (Lipinski definition) is 8. The van der Waals surface area contributed by atoms with Gasteiger partial charge in [-0.3, -0.25) is 0 Å². The molecule has 1 saturated heterocycles. The van der Waals surface area contributed by atoms with E-state index in [0.717, 1.165) is 16.8 Å². The van der Waals surface area contributed by atoms with Crippen LogP contribution in [-0.4, -0.2) is 46.7 Å². The van der Waals surface area contributed by atoms with Crippen LogP contribution in [-0.2, 0) is 0 Å². The molecular formula is C31H29N7O2. The van der Waals surface area contributed by atoms with E-state index in [1.807, 2.05) is 50.2 Å². The lowest BCUT2D eigenvalue weighted by Gasteiger charge is -2.42. The highest BCUT2D eigenvalue weighted by Gasteiger charge is 2.29. The molecule has 0 radical (unpaired) electrons. The highest BCUT2D eigenvalue weighted by Crippen LogP contribution is 2.32. The topological polar surface area (TPSA) is 129 Å². The molecule has 5 rings (SSSR count). The molecule has 1 aliphatic rings. The Kier molecular flexibility index (Phi) is 7.22. The first-order valence-electron chi connectivity index (χ1n) is 13.1. The number of nitrogens with one attached hydrogen (secondary N) is 1. The highest BCUT2D eigenvalue weighted by molar-refractivity contribution is 5.94. The van der Waals surface area contributed by atoms with Crippen LogP contribution >= 0.6 is 0 Å². The molecule has 40 heavy (non-hydrogen) atoms. The number of benzene rings is 3. The summed E-state index contributed by atoms with van der Waals surface area (Å²) in [4.78, 5) is 25.8. The van der Waals surface area contributed by atoms with Crippen molar-refractivity contribution in [3.63, 3.8) is 0 Å². The summed E-state index contributed by atoms with van der Waals surface area (Å²) in [7, 11) is 0. The zero-order chi connectivity index (χ0) is 28.4. The fourth-order valence-electron chi connectivity index (χ4n) is 5.37. The molecule has 0 aliphatic carbocycles. The summed E-state index contributed by atoms with van der Waals surface area (Å²) in [6, 6.07) is 22.6. The first-order valence-corrected chi connectivity index (χ1v) is 13.1. The standard InChI is InChI=1S/C31H29N7O2/c1-19-14-24(21(3)34-25-10-6-5-9-23(25)31(39)40)29-26(15-19)35-27(17-33)30(36-29)38-13-12-37(18-20(38)2)28-11-7-4-8-22(28)16-32/h4-11,14-15,20-21,34H,12-13,18H2,1-3H3,(H,39,40)/t20?,21-/m1/s1. The molecule has 9 heteroatoms. The van der Waals surface area contributed by atoms with E-state index in [2.05, 4.69) is 34.2 Å². The Morgan fingerprint density at radius 2 is 1.82 bits per heavy atom. The summed E-state index contributed by atoms with van der Waals surface area (Å²) < 4.78 is 0. The van der Waals surface area contributed by atoms with E-state index < -0.39 is 5.97 Å². The number of para-hydroxylation sites is 2. The van der Waals surface area contributed by atoms with Gasteiger partial charge in [0.15, 0.2) is 11.5 Å². The molecule has 9 nitrogen and oxygen atoms in total. The van der Waals surface area contributed by atoms with Crippen LogP contribution in [0.1, 0.15) is 52.6 Å². The van der Waals surface area contributed by atoms with Crippen molar-refractivity contribution in [1.82, 2.24) is 9.97 Å². The summed E-state index contributed by atoms with van der Waals surface area (Å²) in [5.41, 5.74) is 5.61. The Balaban J connectivity index is 1.51. The molecule has 0 spiro atoms. The average Bonchev–Trinajstić information content (AvgIpc) is 2.96. The van der Waals surface area contributed by atoms with E-state index >= 15 is 0 Å². The predicted molar refractivity (Wildman–Crippen MR) is 155 cm³/mol. The van der Waals surface area contributed by atoms with E-state index in [9.17, 15) is 20.4 Å². The first kappa shape index (κ1) is 26.5. The van der Waals surface area contributed by atoms with Gasteiger partial charge in [-0.15, -0.1) is 0 Å². The van der Waals surface area contributed by atoms with E-state index in [-0.39, 0.29) is 23.3 Å². The SMILES string of the molecule is Cc1cc([C@@H](C)Nc2ccccc2C(=O)O)c2nc(N3CCN(c4ccccc4C#N)CC3C)c(C#N)nc2c1. The van der Waals surface area contributed by atoms with Gasteiger partial charge >= 0.3 is 5.97 Å². The van der Waals surface area contributed by atoms with Gasteiger partial charge in [0.05, 0.1) is 33.9 Å². The quantitative estimate of drug-likeness (QED) is 0.342. The number of fused-ring (bicyclic) bond motifs is 1. The second-order valence-electron chi connectivity index (χ2n) is 10.1. The van der Waals surface area contributed by atoms with E-state index in [1.165, 1.54) is 0 Å². The maximum Gasteiger partial charge on any atom is 0.337 e. The van der Waals surface area contributed by atoms with E-state index in [1.54, 1.807) is 24.3 Å². The third-order valence-corrected chi connectivity index (χ3v) is 7.29. The van der Waals surface area contributed by atoms with Gasteiger partial charge in [0.1, 0.15) is 12.1 Å². The van der Waals surface area contributed by atoms with Gasteiger partial charge in [-0.25, -0.2) is 14.8 Å². The molecule has 4 aromatic rings. The molecule has 1 fully saturated rings. The molecule has 2 heterocycles. The lowest BCUT2D eigenvalue weighted by atomic mass is 10.0. The van der Waals surface area contributed by atoms with Crippen molar-refractivity contribution < 1.29 is 9.90 Å². The monoisotopic (exact) mass is 531 g/mol. The van der Waals surface area contributed by atoms with Crippen LogP contribution in [0.5, 0.6) is 0 Å². The number of nitriles is 2. The maximum atomic E-state index is 11.8. The number of nitrogens with zero attached hydrogens (tertiary/aromatic N) is 6. The van der Waals surface area contributed by atoms with Crippen molar-refractivity contribution in [3.05, 3.63) is 88.6 Å². The maximum absolute atomic E-state index is 11.8. The fourth-order valence-corrected chi connectivity index (χ4v) is 5.37. The minimum absolute atomic E-state index is 0.00578. The van der Waals surface area contributed by atoms with Crippen LogP contribution in [0.25, 0.3) is 11.0 Å². The summed E-state index contributed by atoms with van der Waals surface area (Å²) in [6.45, 7) is 7.93. The van der Waals surface area contributed by atoms with E-state index in [4.69, 9.17) is 9.97 Å². The van der Waals surface area contributed by atoms with Crippen LogP contribution in [0.3, 0.4) is 0 Å². The van der Waals surface area contributed by atoms with Crippen LogP contribution < -0.4 is 15.1 Å². The Hall–Kier alpha value is -5.15. The molecule has 200 valence electrons. The number of aryl methyl sites for hydroxylation is 1. The summed E-state index contributed by atoms with van der Waals surface area (Å²) in [6.07, 6.45) is 0. The van der Waals surface area contributed by atoms with Crippen LogP contribution in [0, 0.1) is 29.6 Å². The van der Waals surface area contributed by atoms with Crippen molar-refractivity contribution in [1.29, 1.82) is 10.5 Å². The normalized spacial score (nSPS) is 15.8. The lowest BCUT2D eigenvalue weighted by Crippen LogP contribution is -2.53. The molecule has 2 atom stereocenters. The third kappa shape index (κ3) is 4.97. The first-order chi connectivity index (χ1) is 19.3. The number of rotatable bonds is 6. The Morgan fingerprint density at radius 3 is 2.55 bits per heavy atom. The number of aromatic carboxylic acids is 1. The van der Waals surface area contributed by atoms with Gasteiger partial charge in [0, 0.05) is 36.9 Å². The second kappa shape index (κ2) is 10.9. The lowest BCUT2D eigenvalue weighted by molar-refractivity contribution is 0.0698. The summed E-state index contributed by atoms with van der Waals surface area (Å²) in [5, 5.41) is 32.6. The summed E-state index contributed by atoms with van der Waals surface area (Å²) >= 11 is 0. The van der Waals surface area contributed by atoms with Crippen LogP contribution in [0.15, 0.2) is 60.7 Å². The van der Waals surface area contributed by atoms with Gasteiger partial charge in [0.2, 0.25) is 0 Å². The van der Waals surface area contributed by atoms with Crippen LogP contribution in [0.4, 0.5) is 17.2 Å². The molecule has 1 aromatic heterocycles. The van der Waals surface area contributed by atoms with Gasteiger partial charge in [-0.2, -0.15) is 10.5 Å². The number of hydrogen-bond donors (Lipinski definition) is 2. The Morgan fingerprint density at radius 1 is 1.07 bits per heavy atom. The number of aromatic nitrogens is 2. The molecule has 0 amide bonds. The molecule has 0 saturated carbocycles. The minimum atomic E-state index is -1.00. The van der Waals surface area contributed by atoms with Gasteiger partial charge in [-0.05, 0) is 56.7 Å². The van der Waals surface area contributed by atoms with Crippen molar-refractivity contribution in [2.75, 3.05) is 34.8 Å². The zero-order valence-corrected chi connectivity index (χ0v) is 22.6.